The number of hydrogen-bond donors (Lipinski definition) is 0. The van der Waals surface area contributed by atoms with E-state index < -0.39 is 0 Å². The number of rotatable bonds is 3. The van der Waals surface area contributed by atoms with Gasteiger partial charge >= 0.3 is 0 Å². The van der Waals surface area contributed by atoms with Gasteiger partial charge in [-0.2, -0.15) is 0 Å². The fourth-order valence-corrected chi connectivity index (χ4v) is 2.02. The summed E-state index contributed by atoms with van der Waals surface area (Å²) in [7, 11) is 1.88. The number of hydrogen-bond acceptors (Lipinski definition) is 4. The van der Waals surface area contributed by atoms with Crippen LogP contribution in [0.2, 0.25) is 10.0 Å². The lowest BCUT2D eigenvalue weighted by Crippen LogP contribution is -2.18. The molecule has 0 saturated carbocycles. The normalized spacial score (nSPS) is 10.6. The van der Waals surface area contributed by atoms with Gasteiger partial charge in [-0.25, -0.2) is 4.98 Å². The molecule has 90 valence electrons. The Morgan fingerprint density at radius 2 is 2.12 bits per heavy atom. The summed E-state index contributed by atoms with van der Waals surface area (Å²) in [5.41, 5.74) is 0.831. The fourth-order valence-electron chi connectivity index (χ4n) is 1.50. The van der Waals surface area contributed by atoms with Gasteiger partial charge in [-0.15, -0.1) is 0 Å². The van der Waals surface area contributed by atoms with Crippen LogP contribution in [0.3, 0.4) is 0 Å². The highest BCUT2D eigenvalue weighted by molar-refractivity contribution is 6.35. The van der Waals surface area contributed by atoms with E-state index >= 15 is 0 Å². The van der Waals surface area contributed by atoms with Crippen molar-refractivity contribution in [3.63, 3.8) is 0 Å². The first-order chi connectivity index (χ1) is 8.06. The van der Waals surface area contributed by atoms with Crippen LogP contribution in [-0.4, -0.2) is 17.2 Å². The molecular weight excluding hydrogens is 261 g/mol. The molecule has 0 aliphatic carbocycles. The number of aryl methyl sites for hydroxylation is 1. The van der Waals surface area contributed by atoms with Crippen LogP contribution < -0.4 is 4.90 Å². The van der Waals surface area contributed by atoms with Crippen LogP contribution in [0.4, 0.5) is 5.82 Å². The molecule has 0 aliphatic heterocycles. The van der Waals surface area contributed by atoms with Gasteiger partial charge in [0.25, 0.3) is 0 Å². The van der Waals surface area contributed by atoms with Crippen LogP contribution in [0.1, 0.15) is 11.5 Å². The Morgan fingerprint density at radius 1 is 1.35 bits per heavy atom. The Labute approximate surface area is 109 Å². The van der Waals surface area contributed by atoms with Crippen molar-refractivity contribution in [2.75, 3.05) is 11.9 Å². The molecule has 0 unspecified atom stereocenters. The van der Waals surface area contributed by atoms with Crippen LogP contribution in [0.5, 0.6) is 0 Å². The van der Waals surface area contributed by atoms with Crippen LogP contribution >= 0.6 is 23.2 Å². The zero-order valence-corrected chi connectivity index (χ0v) is 11.0. The minimum Gasteiger partial charge on any atom is -0.361 e. The molecule has 2 heterocycles. The molecular formula is C11H11Cl2N3O. The van der Waals surface area contributed by atoms with Gasteiger partial charge in [-0.1, -0.05) is 28.4 Å². The molecule has 2 rings (SSSR count). The molecule has 0 fully saturated rings. The average molecular weight is 272 g/mol. The number of anilines is 1. The van der Waals surface area contributed by atoms with Crippen molar-refractivity contribution in [2.24, 2.45) is 0 Å². The number of aromatic nitrogens is 2. The second-order valence-corrected chi connectivity index (χ2v) is 4.59. The van der Waals surface area contributed by atoms with E-state index in [0.29, 0.717) is 22.4 Å². The van der Waals surface area contributed by atoms with Gasteiger partial charge in [0.05, 0.1) is 16.6 Å². The van der Waals surface area contributed by atoms with E-state index in [9.17, 15) is 0 Å². The Balaban J connectivity index is 2.17. The summed E-state index contributed by atoms with van der Waals surface area (Å²) in [5.74, 6) is 1.44. The number of nitrogens with zero attached hydrogens (tertiary/aromatic N) is 3. The molecule has 0 N–H and O–H groups in total. The second-order valence-electron chi connectivity index (χ2n) is 3.74. The third-order valence-corrected chi connectivity index (χ3v) is 2.71. The minimum absolute atomic E-state index is 0.514. The molecule has 0 radical (unpaired) electrons. The first kappa shape index (κ1) is 12.2. The summed E-state index contributed by atoms with van der Waals surface area (Å²) in [6.07, 6.45) is 1.56. The minimum atomic E-state index is 0.514. The van der Waals surface area contributed by atoms with Gasteiger partial charge in [0.15, 0.2) is 0 Å². The molecule has 4 nitrogen and oxygen atoms in total. The Morgan fingerprint density at radius 3 is 2.71 bits per heavy atom. The van der Waals surface area contributed by atoms with Gasteiger partial charge in [0.2, 0.25) is 0 Å². The fraction of sp³-hybridized carbons (Fsp3) is 0.273. The van der Waals surface area contributed by atoms with Crippen molar-refractivity contribution < 1.29 is 4.52 Å². The van der Waals surface area contributed by atoms with Gasteiger partial charge in [-0.3, -0.25) is 0 Å². The van der Waals surface area contributed by atoms with E-state index in [1.165, 1.54) is 0 Å². The van der Waals surface area contributed by atoms with E-state index in [1.807, 2.05) is 24.9 Å². The van der Waals surface area contributed by atoms with Gasteiger partial charge in [0.1, 0.15) is 17.3 Å². The SMILES string of the molecule is Cc1cc(CN(C)c2ncc(Cl)cc2Cl)no1. The zero-order chi connectivity index (χ0) is 12.4. The van der Waals surface area contributed by atoms with Crippen molar-refractivity contribution in [3.8, 4) is 0 Å². The molecule has 17 heavy (non-hydrogen) atoms. The van der Waals surface area contributed by atoms with Gasteiger partial charge < -0.3 is 9.42 Å². The molecule has 0 bridgehead atoms. The highest BCUT2D eigenvalue weighted by Gasteiger charge is 2.11. The first-order valence-electron chi connectivity index (χ1n) is 5.00. The molecule has 0 aromatic carbocycles. The highest BCUT2D eigenvalue weighted by atomic mass is 35.5. The van der Waals surface area contributed by atoms with Crippen LogP contribution in [0, 0.1) is 6.92 Å². The van der Waals surface area contributed by atoms with Crippen molar-refractivity contribution in [1.29, 1.82) is 0 Å². The maximum absolute atomic E-state index is 6.06. The molecule has 6 heteroatoms. The van der Waals surface area contributed by atoms with Crippen molar-refractivity contribution >= 4 is 29.0 Å². The third-order valence-electron chi connectivity index (χ3n) is 2.23. The molecule has 2 aromatic heterocycles. The monoisotopic (exact) mass is 271 g/mol. The Hall–Kier alpha value is -1.26. The predicted octanol–water partition coefficient (Wildman–Crippen LogP) is 3.32. The highest BCUT2D eigenvalue weighted by Crippen LogP contribution is 2.26. The summed E-state index contributed by atoms with van der Waals surface area (Å²) in [6.45, 7) is 2.43. The Bertz CT molecular complexity index is 527. The largest absolute Gasteiger partial charge is 0.361 e. The van der Waals surface area contributed by atoms with E-state index in [-0.39, 0.29) is 0 Å². The van der Waals surface area contributed by atoms with Crippen molar-refractivity contribution in [2.45, 2.75) is 13.5 Å². The van der Waals surface area contributed by atoms with E-state index in [0.717, 1.165) is 11.5 Å². The topological polar surface area (TPSA) is 42.2 Å². The average Bonchev–Trinajstić information content (AvgIpc) is 2.63. The molecule has 0 saturated heterocycles. The van der Waals surface area contributed by atoms with Crippen LogP contribution in [0.15, 0.2) is 22.9 Å². The lowest BCUT2D eigenvalue weighted by molar-refractivity contribution is 0.390. The smallest absolute Gasteiger partial charge is 0.147 e. The summed E-state index contributed by atoms with van der Waals surface area (Å²) < 4.78 is 5.00. The maximum atomic E-state index is 6.06. The maximum Gasteiger partial charge on any atom is 0.147 e. The summed E-state index contributed by atoms with van der Waals surface area (Å²) in [5, 5.41) is 4.95. The van der Waals surface area contributed by atoms with Crippen LogP contribution in [0.25, 0.3) is 0 Å². The lowest BCUT2D eigenvalue weighted by atomic mass is 10.3. The van der Waals surface area contributed by atoms with Crippen molar-refractivity contribution in [1.82, 2.24) is 10.1 Å². The van der Waals surface area contributed by atoms with E-state index in [4.69, 9.17) is 27.7 Å². The second kappa shape index (κ2) is 4.94. The first-order valence-corrected chi connectivity index (χ1v) is 5.76. The van der Waals surface area contributed by atoms with Gasteiger partial charge in [-0.05, 0) is 13.0 Å². The lowest BCUT2D eigenvalue weighted by Gasteiger charge is -2.17. The number of halogens is 2. The predicted molar refractivity (Wildman–Crippen MR) is 67.6 cm³/mol. The van der Waals surface area contributed by atoms with E-state index in [1.54, 1.807) is 12.3 Å². The molecule has 0 amide bonds. The van der Waals surface area contributed by atoms with Crippen molar-refractivity contribution in [3.05, 3.63) is 39.8 Å². The summed E-state index contributed by atoms with van der Waals surface area (Å²) in [4.78, 5) is 6.07. The standard InChI is InChI=1S/C11H11Cl2N3O/c1-7-3-9(15-17-7)6-16(2)11-10(13)4-8(12)5-14-11/h3-5H,6H2,1-2H3. The van der Waals surface area contributed by atoms with E-state index in [2.05, 4.69) is 10.1 Å². The number of pyridine rings is 1. The summed E-state index contributed by atoms with van der Waals surface area (Å²) >= 11 is 11.9. The molecule has 2 aromatic rings. The molecule has 0 aliphatic rings. The van der Waals surface area contributed by atoms with Gasteiger partial charge in [0, 0.05) is 19.3 Å². The molecule has 0 spiro atoms. The summed E-state index contributed by atoms with van der Waals surface area (Å²) in [6, 6.07) is 3.54. The zero-order valence-electron chi connectivity index (χ0n) is 9.44. The third kappa shape index (κ3) is 2.90. The Kier molecular flexibility index (Phi) is 3.54. The van der Waals surface area contributed by atoms with Crippen LogP contribution in [-0.2, 0) is 6.54 Å². The molecule has 0 atom stereocenters. The quantitative estimate of drug-likeness (QED) is 0.859.